The zero-order valence-corrected chi connectivity index (χ0v) is 17.1. The molecule has 144 valence electrons. The summed E-state index contributed by atoms with van der Waals surface area (Å²) in [5.41, 5.74) is 0.883. The summed E-state index contributed by atoms with van der Waals surface area (Å²) in [6.07, 6.45) is 12.8. The van der Waals surface area contributed by atoms with Gasteiger partial charge in [-0.2, -0.15) is 5.26 Å². The zero-order chi connectivity index (χ0) is 18.5. The minimum atomic E-state index is 0.406. The molecule has 4 aliphatic carbocycles. The van der Waals surface area contributed by atoms with Gasteiger partial charge in [0.15, 0.2) is 0 Å². The second-order valence-corrected chi connectivity index (χ2v) is 10.7. The molecule has 0 aromatic rings. The van der Waals surface area contributed by atoms with Crippen LogP contribution in [-0.2, 0) is 4.79 Å². The molecule has 0 amide bonds. The van der Waals surface area contributed by atoms with Crippen LogP contribution in [0.3, 0.4) is 0 Å². The Bertz CT molecular complexity index is 606. The summed E-state index contributed by atoms with van der Waals surface area (Å²) in [4.78, 5) is 12.2. The fourth-order valence-corrected chi connectivity index (χ4v) is 8.56. The molecular weight excluding hydrogens is 318 g/mol. The maximum atomic E-state index is 12.2. The lowest BCUT2D eigenvalue weighted by Gasteiger charge is -2.62. The van der Waals surface area contributed by atoms with Crippen molar-refractivity contribution in [2.45, 2.75) is 91.4 Å². The van der Waals surface area contributed by atoms with Crippen molar-refractivity contribution in [1.29, 1.82) is 5.26 Å². The molecule has 4 rings (SSSR count). The normalized spacial score (nSPS) is 50.5. The number of ketones is 1. The summed E-state index contributed by atoms with van der Waals surface area (Å²) in [5, 5.41) is 9.07. The Morgan fingerprint density at radius 3 is 2.58 bits per heavy atom. The third-order valence-corrected chi connectivity index (χ3v) is 9.99. The summed E-state index contributed by atoms with van der Waals surface area (Å²) < 4.78 is 0. The number of fused-ring (bicyclic) bond motifs is 5. The van der Waals surface area contributed by atoms with E-state index in [1.54, 1.807) is 0 Å². The molecule has 4 saturated carbocycles. The Labute approximate surface area is 160 Å². The Morgan fingerprint density at radius 1 is 1.08 bits per heavy atom. The molecule has 0 aromatic carbocycles. The molecule has 0 saturated heterocycles. The Kier molecular flexibility index (Phi) is 4.73. The SMILES string of the molecule is CCC1CC2C3CCC(CCC#N)C3(C)CCC2C2(C)CCC(=O)CC12. The van der Waals surface area contributed by atoms with Crippen LogP contribution in [0.25, 0.3) is 0 Å². The van der Waals surface area contributed by atoms with Crippen molar-refractivity contribution in [2.75, 3.05) is 0 Å². The average molecular weight is 356 g/mol. The largest absolute Gasteiger partial charge is 0.300 e. The van der Waals surface area contributed by atoms with Crippen LogP contribution in [0.5, 0.6) is 0 Å². The first-order valence-electron chi connectivity index (χ1n) is 11.3. The third-order valence-electron chi connectivity index (χ3n) is 9.99. The lowest BCUT2D eigenvalue weighted by atomic mass is 9.42. The third kappa shape index (κ3) is 2.60. The number of nitrogens with zero attached hydrogens (tertiary/aromatic N) is 1. The van der Waals surface area contributed by atoms with Crippen LogP contribution in [0.15, 0.2) is 0 Å². The van der Waals surface area contributed by atoms with Crippen LogP contribution < -0.4 is 0 Å². The van der Waals surface area contributed by atoms with Gasteiger partial charge in [0.25, 0.3) is 0 Å². The molecule has 2 nitrogen and oxygen atoms in total. The van der Waals surface area contributed by atoms with Crippen LogP contribution in [0.2, 0.25) is 0 Å². The summed E-state index contributed by atoms with van der Waals surface area (Å²) in [6.45, 7) is 7.49. The van der Waals surface area contributed by atoms with Crippen molar-refractivity contribution in [3.63, 3.8) is 0 Å². The minimum Gasteiger partial charge on any atom is -0.300 e. The van der Waals surface area contributed by atoms with E-state index in [2.05, 4.69) is 26.8 Å². The molecule has 0 aromatic heterocycles. The Hall–Kier alpha value is -0.840. The van der Waals surface area contributed by atoms with Crippen molar-refractivity contribution in [1.82, 2.24) is 0 Å². The number of rotatable bonds is 3. The molecule has 8 unspecified atom stereocenters. The van der Waals surface area contributed by atoms with Gasteiger partial charge in [0.1, 0.15) is 5.78 Å². The lowest BCUT2D eigenvalue weighted by molar-refractivity contribution is -0.151. The Morgan fingerprint density at radius 2 is 1.85 bits per heavy atom. The monoisotopic (exact) mass is 355 g/mol. The number of carbonyl (C=O) groups excluding carboxylic acids is 1. The summed E-state index contributed by atoms with van der Waals surface area (Å²) in [5.74, 6) is 5.29. The summed E-state index contributed by atoms with van der Waals surface area (Å²) >= 11 is 0. The average Bonchev–Trinajstić information content (AvgIpc) is 2.96. The van der Waals surface area contributed by atoms with Crippen molar-refractivity contribution >= 4 is 5.78 Å². The van der Waals surface area contributed by atoms with Crippen LogP contribution >= 0.6 is 0 Å². The molecule has 0 N–H and O–H groups in total. The number of Topliss-reactive ketones (excluding diaryl/α,β-unsaturated/α-hetero) is 1. The quantitative estimate of drug-likeness (QED) is 0.609. The van der Waals surface area contributed by atoms with Gasteiger partial charge < -0.3 is 0 Å². The van der Waals surface area contributed by atoms with Crippen LogP contribution in [0.1, 0.15) is 91.4 Å². The summed E-state index contributed by atoms with van der Waals surface area (Å²) in [6, 6.07) is 2.40. The smallest absolute Gasteiger partial charge is 0.133 e. The highest BCUT2D eigenvalue weighted by molar-refractivity contribution is 5.79. The van der Waals surface area contributed by atoms with Crippen LogP contribution in [0.4, 0.5) is 0 Å². The predicted molar refractivity (Wildman–Crippen MR) is 104 cm³/mol. The number of hydrogen-bond donors (Lipinski definition) is 0. The summed E-state index contributed by atoms with van der Waals surface area (Å²) in [7, 11) is 0. The maximum Gasteiger partial charge on any atom is 0.133 e. The molecule has 0 spiro atoms. The van der Waals surface area contributed by atoms with Gasteiger partial charge in [0, 0.05) is 19.3 Å². The number of hydrogen-bond acceptors (Lipinski definition) is 2. The predicted octanol–water partition coefficient (Wildman–Crippen LogP) is 6.15. The molecule has 26 heavy (non-hydrogen) atoms. The second kappa shape index (κ2) is 6.65. The van der Waals surface area contributed by atoms with E-state index in [9.17, 15) is 4.79 Å². The van der Waals surface area contributed by atoms with Gasteiger partial charge in [0.05, 0.1) is 6.07 Å². The highest BCUT2D eigenvalue weighted by Gasteiger charge is 2.61. The topological polar surface area (TPSA) is 40.9 Å². The van der Waals surface area contributed by atoms with Gasteiger partial charge in [-0.3, -0.25) is 4.79 Å². The first-order valence-corrected chi connectivity index (χ1v) is 11.3. The molecule has 0 heterocycles. The molecule has 4 aliphatic rings. The van der Waals surface area contributed by atoms with Gasteiger partial charge in [-0.25, -0.2) is 0 Å². The van der Waals surface area contributed by atoms with Crippen molar-refractivity contribution in [3.05, 3.63) is 0 Å². The van der Waals surface area contributed by atoms with Gasteiger partial charge in [0.2, 0.25) is 0 Å². The van der Waals surface area contributed by atoms with E-state index in [-0.39, 0.29) is 0 Å². The van der Waals surface area contributed by atoms with Gasteiger partial charge >= 0.3 is 0 Å². The highest BCUT2D eigenvalue weighted by Crippen LogP contribution is 2.68. The van der Waals surface area contributed by atoms with Crippen molar-refractivity contribution < 1.29 is 4.79 Å². The van der Waals surface area contributed by atoms with E-state index in [1.807, 2.05) is 0 Å². The van der Waals surface area contributed by atoms with Crippen LogP contribution in [0, 0.1) is 57.7 Å². The molecule has 0 bridgehead atoms. The van der Waals surface area contributed by atoms with Crippen molar-refractivity contribution in [2.24, 2.45) is 46.3 Å². The fraction of sp³-hybridized carbons (Fsp3) is 0.917. The number of nitriles is 1. The van der Waals surface area contributed by atoms with E-state index in [0.29, 0.717) is 22.5 Å². The van der Waals surface area contributed by atoms with Crippen molar-refractivity contribution in [3.8, 4) is 6.07 Å². The van der Waals surface area contributed by atoms with E-state index in [0.717, 1.165) is 61.7 Å². The fourth-order valence-electron chi connectivity index (χ4n) is 8.56. The zero-order valence-electron chi connectivity index (χ0n) is 17.1. The van der Waals surface area contributed by atoms with Gasteiger partial charge in [-0.15, -0.1) is 0 Å². The van der Waals surface area contributed by atoms with E-state index < -0.39 is 0 Å². The number of carbonyl (C=O) groups is 1. The van der Waals surface area contributed by atoms with E-state index in [1.165, 1.54) is 38.5 Å². The minimum absolute atomic E-state index is 0.406. The maximum absolute atomic E-state index is 12.2. The van der Waals surface area contributed by atoms with Gasteiger partial charge in [-0.05, 0) is 91.3 Å². The highest BCUT2D eigenvalue weighted by atomic mass is 16.1. The molecule has 0 radical (unpaired) electrons. The molecular formula is C24H37NO. The second-order valence-electron chi connectivity index (χ2n) is 10.7. The molecule has 0 aliphatic heterocycles. The first kappa shape index (κ1) is 18.5. The Balaban J connectivity index is 1.62. The first-order chi connectivity index (χ1) is 12.4. The molecule has 2 heteroatoms. The van der Waals surface area contributed by atoms with E-state index >= 15 is 0 Å². The standard InChI is InChI=1S/C24H37NO/c1-4-16-14-19-20-8-7-17(6-5-13-25)23(20,2)12-10-21(19)24(3)11-9-18(26)15-22(16)24/h16-17,19-22H,4-12,14-15H2,1-3H3. The van der Waals surface area contributed by atoms with Crippen LogP contribution in [-0.4, -0.2) is 5.78 Å². The van der Waals surface area contributed by atoms with E-state index in [4.69, 9.17) is 5.26 Å². The lowest BCUT2D eigenvalue weighted by Crippen LogP contribution is -2.56. The van der Waals surface area contributed by atoms with Gasteiger partial charge in [-0.1, -0.05) is 27.2 Å². The molecule has 8 atom stereocenters. The molecule has 4 fully saturated rings.